The van der Waals surface area contributed by atoms with Crippen molar-refractivity contribution in [3.63, 3.8) is 0 Å². The van der Waals surface area contributed by atoms with Crippen molar-refractivity contribution in [2.45, 2.75) is 6.42 Å². The van der Waals surface area contributed by atoms with Crippen LogP contribution in [0.25, 0.3) is 0 Å². The van der Waals surface area contributed by atoms with Crippen molar-refractivity contribution in [3.05, 3.63) is 11.4 Å². The van der Waals surface area contributed by atoms with E-state index in [1.807, 2.05) is 0 Å². The van der Waals surface area contributed by atoms with E-state index in [-0.39, 0.29) is 18.0 Å². The minimum absolute atomic E-state index is 0.134. The van der Waals surface area contributed by atoms with E-state index in [1.54, 1.807) is 7.05 Å². The summed E-state index contributed by atoms with van der Waals surface area (Å²) in [6.07, 6.45) is 0.134. The van der Waals surface area contributed by atoms with Crippen molar-refractivity contribution in [3.8, 4) is 0 Å². The molecule has 0 aromatic carbocycles. The fourth-order valence-electron chi connectivity index (χ4n) is 1.12. The first-order valence-corrected chi connectivity index (χ1v) is 3.41. The maximum absolute atomic E-state index is 11.1. The molecule has 6 nitrogen and oxygen atoms in total. The molecule has 1 aromatic heterocycles. The Bertz CT molecular complexity index is 368. The van der Waals surface area contributed by atoms with Crippen LogP contribution < -0.4 is 5.32 Å². The highest BCUT2D eigenvalue weighted by atomic mass is 16.2. The molecule has 0 saturated carbocycles. The third-order valence-corrected chi connectivity index (χ3v) is 1.58. The second-order valence-electron chi connectivity index (χ2n) is 2.54. The molecule has 2 rings (SSSR count). The Balaban J connectivity index is 2.53. The molecule has 0 saturated heterocycles. The number of rotatable bonds is 0. The highest BCUT2D eigenvalue weighted by Gasteiger charge is 2.26. The summed E-state index contributed by atoms with van der Waals surface area (Å²) in [5.41, 5.74) is 0.698. The van der Waals surface area contributed by atoms with E-state index < -0.39 is 5.91 Å². The second kappa shape index (κ2) is 2.13. The SMILES string of the molecule is Cn1nc2c(n1)C(=O)NC(=O)C2. The Hall–Kier alpha value is -1.72. The molecule has 62 valence electrons. The molecule has 1 N–H and O–H groups in total. The van der Waals surface area contributed by atoms with Crippen LogP contribution >= 0.6 is 0 Å². The molecule has 1 aliphatic heterocycles. The highest BCUT2D eigenvalue weighted by molar-refractivity contribution is 6.08. The summed E-state index contributed by atoms with van der Waals surface area (Å²) in [5, 5.41) is 9.84. The average Bonchev–Trinajstić information content (AvgIpc) is 2.29. The van der Waals surface area contributed by atoms with Crippen LogP contribution in [0.1, 0.15) is 16.2 Å². The van der Waals surface area contributed by atoms with Crippen LogP contribution in [0.5, 0.6) is 0 Å². The zero-order valence-electron chi connectivity index (χ0n) is 6.37. The van der Waals surface area contributed by atoms with Gasteiger partial charge in [-0.1, -0.05) is 0 Å². The van der Waals surface area contributed by atoms with Gasteiger partial charge in [-0.2, -0.15) is 9.90 Å². The number of amides is 2. The lowest BCUT2D eigenvalue weighted by Gasteiger charge is -2.06. The van der Waals surface area contributed by atoms with E-state index in [9.17, 15) is 9.59 Å². The van der Waals surface area contributed by atoms with Crippen LogP contribution in [0.15, 0.2) is 0 Å². The van der Waals surface area contributed by atoms with Crippen molar-refractivity contribution in [1.82, 2.24) is 20.3 Å². The molecule has 0 radical (unpaired) electrons. The number of hydrogen-bond donors (Lipinski definition) is 1. The predicted molar refractivity (Wildman–Crippen MR) is 37.2 cm³/mol. The third-order valence-electron chi connectivity index (χ3n) is 1.58. The largest absolute Gasteiger partial charge is 0.291 e. The van der Waals surface area contributed by atoms with Gasteiger partial charge in [-0.15, -0.1) is 5.10 Å². The summed E-state index contributed by atoms with van der Waals surface area (Å²) in [6.45, 7) is 0. The molecule has 0 spiro atoms. The first kappa shape index (κ1) is 6.96. The average molecular weight is 166 g/mol. The van der Waals surface area contributed by atoms with Gasteiger partial charge in [0.2, 0.25) is 5.91 Å². The zero-order valence-corrected chi connectivity index (χ0v) is 6.37. The molecular formula is C6H6N4O2. The molecule has 0 fully saturated rings. The third kappa shape index (κ3) is 0.884. The monoisotopic (exact) mass is 166 g/mol. The van der Waals surface area contributed by atoms with E-state index in [0.717, 1.165) is 0 Å². The molecule has 2 heterocycles. The van der Waals surface area contributed by atoms with Gasteiger partial charge in [0, 0.05) is 7.05 Å². The van der Waals surface area contributed by atoms with Gasteiger partial charge in [-0.05, 0) is 0 Å². The van der Waals surface area contributed by atoms with E-state index >= 15 is 0 Å². The highest BCUT2D eigenvalue weighted by Crippen LogP contribution is 2.07. The Morgan fingerprint density at radius 2 is 2.17 bits per heavy atom. The maximum atomic E-state index is 11.1. The number of nitrogens with zero attached hydrogens (tertiary/aromatic N) is 3. The molecule has 1 aliphatic rings. The first-order valence-electron chi connectivity index (χ1n) is 3.41. The number of aryl methyl sites for hydroxylation is 1. The first-order chi connectivity index (χ1) is 5.66. The topological polar surface area (TPSA) is 76.9 Å². The van der Waals surface area contributed by atoms with Crippen molar-refractivity contribution >= 4 is 11.8 Å². The molecule has 0 aliphatic carbocycles. The molecular weight excluding hydrogens is 160 g/mol. The molecule has 0 atom stereocenters. The molecule has 6 heteroatoms. The quantitative estimate of drug-likeness (QED) is 0.482. The number of aromatic nitrogens is 3. The van der Waals surface area contributed by atoms with Crippen LogP contribution in [-0.2, 0) is 18.3 Å². The van der Waals surface area contributed by atoms with Gasteiger partial charge in [0.25, 0.3) is 5.91 Å². The van der Waals surface area contributed by atoms with E-state index in [4.69, 9.17) is 0 Å². The van der Waals surface area contributed by atoms with Crippen molar-refractivity contribution in [2.75, 3.05) is 0 Å². The van der Waals surface area contributed by atoms with Crippen molar-refractivity contribution in [1.29, 1.82) is 0 Å². The summed E-state index contributed by atoms with van der Waals surface area (Å²) in [5.74, 6) is -0.789. The summed E-state index contributed by atoms with van der Waals surface area (Å²) in [6, 6.07) is 0. The number of imide groups is 1. The van der Waals surface area contributed by atoms with Crippen LogP contribution in [0.3, 0.4) is 0 Å². The Morgan fingerprint density at radius 3 is 2.92 bits per heavy atom. The fourth-order valence-corrected chi connectivity index (χ4v) is 1.12. The van der Waals surface area contributed by atoms with E-state index in [2.05, 4.69) is 15.5 Å². The number of carbonyl (C=O) groups is 2. The predicted octanol–water partition coefficient (Wildman–Crippen LogP) is -1.37. The summed E-state index contributed by atoms with van der Waals surface area (Å²) in [4.78, 5) is 23.2. The smallest absolute Gasteiger partial charge is 0.280 e. The van der Waals surface area contributed by atoms with Gasteiger partial charge >= 0.3 is 0 Å². The number of carbonyl (C=O) groups excluding carboxylic acids is 2. The van der Waals surface area contributed by atoms with Crippen LogP contribution in [0, 0.1) is 0 Å². The van der Waals surface area contributed by atoms with E-state index in [0.29, 0.717) is 5.69 Å². The summed E-state index contributed by atoms with van der Waals surface area (Å²) in [7, 11) is 1.61. The Labute approximate surface area is 67.6 Å². The maximum Gasteiger partial charge on any atom is 0.280 e. The number of fused-ring (bicyclic) bond motifs is 1. The molecule has 0 unspecified atom stereocenters. The lowest BCUT2D eigenvalue weighted by molar-refractivity contribution is -0.119. The zero-order chi connectivity index (χ0) is 8.72. The van der Waals surface area contributed by atoms with E-state index in [1.165, 1.54) is 4.80 Å². The van der Waals surface area contributed by atoms with Gasteiger partial charge in [-0.3, -0.25) is 14.9 Å². The molecule has 12 heavy (non-hydrogen) atoms. The van der Waals surface area contributed by atoms with Crippen molar-refractivity contribution < 1.29 is 9.59 Å². The summed E-state index contributed by atoms with van der Waals surface area (Å²) < 4.78 is 0. The van der Waals surface area contributed by atoms with Crippen LogP contribution in [-0.4, -0.2) is 26.8 Å². The fraction of sp³-hybridized carbons (Fsp3) is 0.333. The Morgan fingerprint density at radius 1 is 1.42 bits per heavy atom. The summed E-state index contributed by atoms with van der Waals surface area (Å²) >= 11 is 0. The van der Waals surface area contributed by atoms with Gasteiger partial charge in [-0.25, -0.2) is 0 Å². The molecule has 2 amide bonds. The minimum atomic E-state index is -0.464. The lowest BCUT2D eigenvalue weighted by Crippen LogP contribution is -2.37. The van der Waals surface area contributed by atoms with Gasteiger partial charge in [0.05, 0.1) is 6.42 Å². The van der Waals surface area contributed by atoms with Crippen LogP contribution in [0.4, 0.5) is 0 Å². The lowest BCUT2D eigenvalue weighted by atomic mass is 10.2. The Kier molecular flexibility index (Phi) is 1.24. The second-order valence-corrected chi connectivity index (χ2v) is 2.54. The van der Waals surface area contributed by atoms with Crippen LogP contribution in [0.2, 0.25) is 0 Å². The standard InChI is InChI=1S/C6H6N4O2/c1-10-8-3-2-4(11)7-6(12)5(3)9-10/h2H2,1H3,(H,7,11,12). The molecule has 0 bridgehead atoms. The molecule has 1 aromatic rings. The minimum Gasteiger partial charge on any atom is -0.291 e. The van der Waals surface area contributed by atoms with Gasteiger partial charge < -0.3 is 0 Å². The van der Waals surface area contributed by atoms with Gasteiger partial charge in [0.1, 0.15) is 5.69 Å². The normalized spacial score (nSPS) is 15.8. The number of hydrogen-bond acceptors (Lipinski definition) is 4. The van der Waals surface area contributed by atoms with Gasteiger partial charge in [0.15, 0.2) is 5.69 Å². The van der Waals surface area contributed by atoms with Crippen molar-refractivity contribution in [2.24, 2.45) is 7.05 Å². The number of nitrogens with one attached hydrogen (secondary N) is 1.